The lowest BCUT2D eigenvalue weighted by molar-refractivity contribution is 1.04. The molecule has 0 amide bonds. The van der Waals surface area contributed by atoms with Crippen molar-refractivity contribution in [1.82, 2.24) is 0 Å². The van der Waals surface area contributed by atoms with Gasteiger partial charge in [-0.2, -0.15) is 7.80 Å². The van der Waals surface area contributed by atoms with Gasteiger partial charge in [0.25, 0.3) is 0 Å². The standard InChI is InChI=1S/C3H6BP/c4-5-2-1-3-5/h1-3H2. The summed E-state index contributed by atoms with van der Waals surface area (Å²) < 4.78 is 0. The topological polar surface area (TPSA) is 0 Å². The SMILES string of the molecule is [B]P1CCC1. The molecule has 1 heterocycles. The van der Waals surface area contributed by atoms with Crippen LogP contribution in [0.25, 0.3) is 0 Å². The second-order valence-corrected chi connectivity index (χ2v) is 3.46. The first-order valence-corrected chi connectivity index (χ1v) is 3.67. The Morgan fingerprint density at radius 3 is 1.80 bits per heavy atom. The van der Waals surface area contributed by atoms with Crippen molar-refractivity contribution >= 4 is 15.4 Å². The van der Waals surface area contributed by atoms with Crippen LogP contribution in [0.2, 0.25) is 0 Å². The molecule has 0 spiro atoms. The lowest BCUT2D eigenvalue weighted by Crippen LogP contribution is -2.01. The predicted molar refractivity (Wildman–Crippen MR) is 27.0 cm³/mol. The maximum Gasteiger partial charge on any atom is 0.109 e. The van der Waals surface area contributed by atoms with Crippen LogP contribution in [0.5, 0.6) is 0 Å². The van der Waals surface area contributed by atoms with E-state index in [2.05, 4.69) is 0 Å². The summed E-state index contributed by atoms with van der Waals surface area (Å²) in [6.45, 7) is 0. The van der Waals surface area contributed by atoms with E-state index in [9.17, 15) is 0 Å². The van der Waals surface area contributed by atoms with Crippen molar-refractivity contribution in [2.24, 2.45) is 0 Å². The van der Waals surface area contributed by atoms with E-state index < -0.39 is 0 Å². The molecular weight excluding hydrogens is 77.8 g/mol. The minimum atomic E-state index is 0.0823. The third-order valence-corrected chi connectivity index (χ3v) is 2.67. The van der Waals surface area contributed by atoms with Crippen molar-refractivity contribution in [3.05, 3.63) is 0 Å². The van der Waals surface area contributed by atoms with Crippen molar-refractivity contribution < 1.29 is 0 Å². The van der Waals surface area contributed by atoms with E-state index in [0.29, 0.717) is 0 Å². The zero-order valence-corrected chi connectivity index (χ0v) is 4.04. The summed E-state index contributed by atoms with van der Waals surface area (Å²) in [6.07, 6.45) is 4.05. The van der Waals surface area contributed by atoms with Crippen LogP contribution in [0.3, 0.4) is 0 Å². The summed E-state index contributed by atoms with van der Waals surface area (Å²) in [5.41, 5.74) is 0. The van der Waals surface area contributed by atoms with Crippen molar-refractivity contribution in [1.29, 1.82) is 0 Å². The number of hydrogen-bond acceptors (Lipinski definition) is 0. The van der Waals surface area contributed by atoms with E-state index in [1.165, 1.54) is 18.7 Å². The van der Waals surface area contributed by atoms with Crippen LogP contribution in [0.1, 0.15) is 6.42 Å². The maximum atomic E-state index is 5.44. The summed E-state index contributed by atoms with van der Waals surface area (Å²) in [4.78, 5) is 0. The summed E-state index contributed by atoms with van der Waals surface area (Å²) >= 11 is 0. The first kappa shape index (κ1) is 3.68. The van der Waals surface area contributed by atoms with Crippen LogP contribution < -0.4 is 0 Å². The summed E-state index contributed by atoms with van der Waals surface area (Å²) in [5.74, 6) is 0. The van der Waals surface area contributed by atoms with Crippen LogP contribution in [-0.2, 0) is 0 Å². The fraction of sp³-hybridized carbons (Fsp3) is 1.00. The molecule has 26 valence electrons. The fourth-order valence-electron chi connectivity index (χ4n) is 0.341. The lowest BCUT2D eigenvalue weighted by atomic mass is 10.5. The number of hydrogen-bond donors (Lipinski definition) is 0. The van der Waals surface area contributed by atoms with Gasteiger partial charge in [-0.05, 0) is 18.7 Å². The highest BCUT2D eigenvalue weighted by Crippen LogP contribution is 2.39. The monoisotopic (exact) mass is 84.0 g/mol. The average molecular weight is 83.9 g/mol. The van der Waals surface area contributed by atoms with Crippen molar-refractivity contribution in [3.8, 4) is 0 Å². The van der Waals surface area contributed by atoms with Gasteiger partial charge in [0.2, 0.25) is 0 Å². The van der Waals surface area contributed by atoms with Gasteiger partial charge in [-0.3, -0.25) is 0 Å². The Kier molecular flexibility index (Phi) is 0.957. The van der Waals surface area contributed by atoms with Gasteiger partial charge in [-0.25, -0.2) is 0 Å². The lowest BCUT2D eigenvalue weighted by Gasteiger charge is -2.20. The number of rotatable bonds is 0. The van der Waals surface area contributed by atoms with Gasteiger partial charge < -0.3 is 0 Å². The first-order chi connectivity index (χ1) is 2.39. The molecule has 0 aromatic rings. The Morgan fingerprint density at radius 2 is 1.80 bits per heavy atom. The Bertz CT molecular complexity index is 33.9. The smallest absolute Gasteiger partial charge is 0.109 e. The molecule has 0 unspecified atom stereocenters. The van der Waals surface area contributed by atoms with Crippen molar-refractivity contribution in [2.45, 2.75) is 6.42 Å². The Balaban J connectivity index is 2.08. The first-order valence-electron chi connectivity index (χ1n) is 1.89. The van der Waals surface area contributed by atoms with E-state index in [-0.39, 0.29) is 7.80 Å². The van der Waals surface area contributed by atoms with E-state index in [1.54, 1.807) is 0 Å². The van der Waals surface area contributed by atoms with Gasteiger partial charge in [-0.15, -0.1) is 0 Å². The van der Waals surface area contributed by atoms with Crippen LogP contribution in [0.4, 0.5) is 0 Å². The molecule has 0 atom stereocenters. The van der Waals surface area contributed by atoms with Gasteiger partial charge in [0.05, 0.1) is 0 Å². The van der Waals surface area contributed by atoms with Crippen molar-refractivity contribution in [3.63, 3.8) is 0 Å². The van der Waals surface area contributed by atoms with E-state index >= 15 is 0 Å². The predicted octanol–water partition coefficient (Wildman–Crippen LogP) is 0.955. The zero-order chi connectivity index (χ0) is 3.70. The van der Waals surface area contributed by atoms with Crippen LogP contribution in [0.15, 0.2) is 0 Å². The highest BCUT2D eigenvalue weighted by Gasteiger charge is 2.07. The highest BCUT2D eigenvalue weighted by atomic mass is 31.1. The molecule has 0 nitrogen and oxygen atoms in total. The molecule has 1 rings (SSSR count). The quantitative estimate of drug-likeness (QED) is 0.302. The highest BCUT2D eigenvalue weighted by molar-refractivity contribution is 7.83. The molecule has 2 radical (unpaired) electrons. The van der Waals surface area contributed by atoms with E-state index in [4.69, 9.17) is 7.57 Å². The molecule has 1 saturated heterocycles. The minimum Gasteiger partial charge on any atom is -0.157 e. The van der Waals surface area contributed by atoms with E-state index in [0.717, 1.165) is 0 Å². The second-order valence-electron chi connectivity index (χ2n) is 1.39. The fourth-order valence-corrected chi connectivity index (χ4v) is 1.02. The molecule has 0 bridgehead atoms. The Hall–Kier alpha value is 0.495. The normalized spacial score (nSPS) is 25.6. The molecule has 1 aliphatic heterocycles. The van der Waals surface area contributed by atoms with E-state index in [1.807, 2.05) is 0 Å². The molecule has 2 heteroatoms. The molecule has 0 aromatic carbocycles. The van der Waals surface area contributed by atoms with Gasteiger partial charge in [0.15, 0.2) is 0 Å². The summed E-state index contributed by atoms with van der Waals surface area (Å²) in [7, 11) is 5.53. The van der Waals surface area contributed by atoms with Crippen LogP contribution >= 0.6 is 7.80 Å². The van der Waals surface area contributed by atoms with Crippen LogP contribution in [-0.4, -0.2) is 19.9 Å². The minimum absolute atomic E-state index is 0.0823. The molecule has 1 aliphatic rings. The second kappa shape index (κ2) is 1.30. The van der Waals surface area contributed by atoms with Crippen LogP contribution in [0, 0.1) is 0 Å². The van der Waals surface area contributed by atoms with Crippen molar-refractivity contribution in [2.75, 3.05) is 12.3 Å². The molecule has 0 aromatic heterocycles. The Labute approximate surface area is 35.1 Å². The van der Waals surface area contributed by atoms with Gasteiger partial charge in [0, 0.05) is 0 Å². The zero-order valence-electron chi connectivity index (χ0n) is 3.15. The average Bonchev–Trinajstić information content (AvgIpc) is 1.30. The summed E-state index contributed by atoms with van der Waals surface area (Å²) in [6, 6.07) is 0. The molecule has 5 heavy (non-hydrogen) atoms. The molecule has 0 aliphatic carbocycles. The molecule has 0 saturated carbocycles. The molecular formula is C3H6BP. The maximum absolute atomic E-state index is 5.44. The molecule has 1 fully saturated rings. The summed E-state index contributed by atoms with van der Waals surface area (Å²) in [5, 5.41) is 0. The van der Waals surface area contributed by atoms with Gasteiger partial charge >= 0.3 is 0 Å². The molecule has 0 N–H and O–H groups in total. The van der Waals surface area contributed by atoms with Gasteiger partial charge in [0.1, 0.15) is 7.57 Å². The largest absolute Gasteiger partial charge is 0.157 e. The third-order valence-electron chi connectivity index (χ3n) is 0.891. The third kappa shape index (κ3) is 0.663. The van der Waals surface area contributed by atoms with Gasteiger partial charge in [-0.1, -0.05) is 0 Å². The Morgan fingerprint density at radius 1 is 1.40 bits per heavy atom.